The van der Waals surface area contributed by atoms with E-state index in [1.807, 2.05) is 13.0 Å². The summed E-state index contributed by atoms with van der Waals surface area (Å²) in [6.07, 6.45) is 0. The van der Waals surface area contributed by atoms with Gasteiger partial charge in [-0.2, -0.15) is 0 Å². The smallest absolute Gasteiger partial charge is 0.323 e. The van der Waals surface area contributed by atoms with E-state index < -0.39 is 5.97 Å². The number of hydrogen-bond acceptors (Lipinski definition) is 3. The number of ether oxygens (including phenoxy) is 1. The summed E-state index contributed by atoms with van der Waals surface area (Å²) in [6.45, 7) is 2.19. The number of aryl methyl sites for hydroxylation is 1. The van der Waals surface area contributed by atoms with Gasteiger partial charge in [0.1, 0.15) is 6.54 Å². The number of nitrogens with zero attached hydrogens (tertiary/aromatic N) is 1. The number of carboxylic acids is 1. The van der Waals surface area contributed by atoms with E-state index in [0.29, 0.717) is 12.2 Å². The van der Waals surface area contributed by atoms with Crippen LogP contribution in [-0.4, -0.2) is 48.7 Å². The fraction of sp³-hybridized carbons (Fsp3) is 0.385. The molecule has 0 saturated heterocycles. The van der Waals surface area contributed by atoms with Crippen LogP contribution in [0.25, 0.3) is 0 Å². The summed E-state index contributed by atoms with van der Waals surface area (Å²) in [6, 6.07) is 5.33. The van der Waals surface area contributed by atoms with Crippen LogP contribution in [0.4, 0.5) is 0 Å². The Hall–Kier alpha value is -1.15. The molecule has 104 valence electrons. The van der Waals surface area contributed by atoms with Crippen molar-refractivity contribution in [3.8, 4) is 0 Å². The molecule has 0 aromatic heterocycles. The molecule has 0 unspecified atom stereocenters. The average molecular weight is 377 g/mol. The van der Waals surface area contributed by atoms with Gasteiger partial charge in [-0.05, 0) is 47.2 Å². The normalized spacial score (nSPS) is 10.3. The Kier molecular flexibility index (Phi) is 6.23. The van der Waals surface area contributed by atoms with E-state index in [-0.39, 0.29) is 19.0 Å². The molecule has 0 atom stereocenters. The average Bonchev–Trinajstić information content (AvgIpc) is 2.36. The molecule has 1 aromatic rings. The van der Waals surface area contributed by atoms with Crippen molar-refractivity contribution in [3.05, 3.63) is 32.9 Å². The third kappa shape index (κ3) is 4.79. The Balaban J connectivity index is 2.90. The summed E-state index contributed by atoms with van der Waals surface area (Å²) in [7, 11) is 1.51. The number of amides is 1. The molecule has 1 amide bonds. The second-order valence-corrected chi connectivity index (χ2v) is 5.24. The van der Waals surface area contributed by atoms with E-state index >= 15 is 0 Å². The van der Waals surface area contributed by atoms with Gasteiger partial charge in [-0.15, -0.1) is 0 Å². The van der Waals surface area contributed by atoms with Gasteiger partial charge in [0.25, 0.3) is 5.91 Å². The summed E-state index contributed by atoms with van der Waals surface area (Å²) < 4.78 is 5.87. The lowest BCUT2D eigenvalue weighted by Crippen LogP contribution is -2.38. The summed E-state index contributed by atoms with van der Waals surface area (Å²) in [5.74, 6) is -1.33. The zero-order valence-corrected chi connectivity index (χ0v) is 13.0. The summed E-state index contributed by atoms with van der Waals surface area (Å²) >= 11 is 2.15. The van der Waals surface area contributed by atoms with Crippen LogP contribution in [0, 0.1) is 10.5 Å². The first kappa shape index (κ1) is 15.9. The number of halogens is 1. The van der Waals surface area contributed by atoms with Gasteiger partial charge in [0, 0.05) is 22.8 Å². The number of benzene rings is 1. The van der Waals surface area contributed by atoms with Gasteiger partial charge in [-0.25, -0.2) is 0 Å². The fourth-order valence-corrected chi connectivity index (χ4v) is 2.04. The highest BCUT2D eigenvalue weighted by Crippen LogP contribution is 2.15. The Morgan fingerprint density at radius 2 is 2.11 bits per heavy atom. The first-order chi connectivity index (χ1) is 8.95. The quantitative estimate of drug-likeness (QED) is 0.768. The zero-order chi connectivity index (χ0) is 14.4. The van der Waals surface area contributed by atoms with E-state index in [9.17, 15) is 9.59 Å². The van der Waals surface area contributed by atoms with Crippen LogP contribution in [-0.2, 0) is 9.53 Å². The van der Waals surface area contributed by atoms with Crippen molar-refractivity contribution >= 4 is 34.5 Å². The molecule has 0 aliphatic heterocycles. The monoisotopic (exact) mass is 377 g/mol. The number of carbonyl (C=O) groups is 2. The van der Waals surface area contributed by atoms with E-state index in [1.54, 1.807) is 12.1 Å². The Morgan fingerprint density at radius 1 is 1.42 bits per heavy atom. The first-order valence-corrected chi connectivity index (χ1v) is 6.79. The van der Waals surface area contributed by atoms with Gasteiger partial charge in [0.05, 0.1) is 6.61 Å². The molecule has 0 aliphatic carbocycles. The highest BCUT2D eigenvalue weighted by molar-refractivity contribution is 14.1. The number of rotatable bonds is 6. The van der Waals surface area contributed by atoms with Crippen molar-refractivity contribution in [2.45, 2.75) is 6.92 Å². The third-order valence-corrected chi connectivity index (χ3v) is 3.76. The second-order valence-electron chi connectivity index (χ2n) is 4.08. The Morgan fingerprint density at radius 3 is 2.63 bits per heavy atom. The highest BCUT2D eigenvalue weighted by atomic mass is 127. The van der Waals surface area contributed by atoms with Gasteiger partial charge in [0.2, 0.25) is 0 Å². The predicted octanol–water partition coefficient (Wildman–Crippen LogP) is 1.77. The lowest BCUT2D eigenvalue weighted by molar-refractivity contribution is -0.137. The number of aliphatic carboxylic acids is 1. The minimum Gasteiger partial charge on any atom is -0.480 e. The molecule has 0 spiro atoms. The molecule has 5 nitrogen and oxygen atoms in total. The van der Waals surface area contributed by atoms with Crippen LogP contribution in [0.1, 0.15) is 15.9 Å². The maximum Gasteiger partial charge on any atom is 0.323 e. The minimum absolute atomic E-state index is 0.256. The number of carbonyl (C=O) groups excluding carboxylic acids is 1. The molecule has 0 heterocycles. The SMILES string of the molecule is COCCN(CC(=O)O)C(=O)c1ccc(C)c(I)c1. The molecule has 0 aliphatic rings. The molecule has 19 heavy (non-hydrogen) atoms. The standard InChI is InChI=1S/C13H16INO4/c1-9-3-4-10(7-11(9)14)13(18)15(5-6-19-2)8-12(16)17/h3-4,7H,5-6,8H2,1-2H3,(H,16,17). The summed E-state index contributed by atoms with van der Waals surface area (Å²) in [4.78, 5) is 24.3. The van der Waals surface area contributed by atoms with Crippen LogP contribution in [0.2, 0.25) is 0 Å². The van der Waals surface area contributed by atoms with Crippen molar-refractivity contribution in [3.63, 3.8) is 0 Å². The molecule has 0 saturated carbocycles. The molecule has 0 bridgehead atoms. The Bertz CT molecular complexity index is 476. The fourth-order valence-electron chi connectivity index (χ4n) is 1.53. The number of methoxy groups -OCH3 is 1. The van der Waals surface area contributed by atoms with Crippen LogP contribution in [0.3, 0.4) is 0 Å². The van der Waals surface area contributed by atoms with Gasteiger partial charge in [-0.3, -0.25) is 9.59 Å². The molecule has 1 aromatic carbocycles. The van der Waals surface area contributed by atoms with Crippen molar-refractivity contribution < 1.29 is 19.4 Å². The maximum absolute atomic E-state index is 12.3. The van der Waals surface area contributed by atoms with Crippen LogP contribution < -0.4 is 0 Å². The lowest BCUT2D eigenvalue weighted by Gasteiger charge is -2.20. The van der Waals surface area contributed by atoms with Crippen LogP contribution in [0.15, 0.2) is 18.2 Å². The molecule has 6 heteroatoms. The molecule has 0 radical (unpaired) electrons. The maximum atomic E-state index is 12.3. The van der Waals surface area contributed by atoms with E-state index in [4.69, 9.17) is 9.84 Å². The van der Waals surface area contributed by atoms with E-state index in [2.05, 4.69) is 22.6 Å². The molecule has 1 rings (SSSR count). The minimum atomic E-state index is -1.04. The number of carboxylic acid groups (broad SMARTS) is 1. The van der Waals surface area contributed by atoms with E-state index in [1.165, 1.54) is 12.0 Å². The topological polar surface area (TPSA) is 66.8 Å². The molecular weight excluding hydrogens is 361 g/mol. The molecule has 0 fully saturated rings. The van der Waals surface area contributed by atoms with Crippen molar-refractivity contribution in [1.29, 1.82) is 0 Å². The lowest BCUT2D eigenvalue weighted by atomic mass is 10.1. The van der Waals surface area contributed by atoms with Gasteiger partial charge in [0.15, 0.2) is 0 Å². The van der Waals surface area contributed by atoms with Crippen molar-refractivity contribution in [1.82, 2.24) is 4.90 Å². The largest absolute Gasteiger partial charge is 0.480 e. The van der Waals surface area contributed by atoms with Gasteiger partial charge in [-0.1, -0.05) is 6.07 Å². The van der Waals surface area contributed by atoms with Crippen LogP contribution in [0.5, 0.6) is 0 Å². The summed E-state index contributed by atoms with van der Waals surface area (Å²) in [5.41, 5.74) is 1.58. The summed E-state index contributed by atoms with van der Waals surface area (Å²) in [5, 5.41) is 8.84. The molecule has 1 N–H and O–H groups in total. The Labute approximate surface area is 125 Å². The predicted molar refractivity (Wildman–Crippen MR) is 79.3 cm³/mol. The second kappa shape index (κ2) is 7.44. The zero-order valence-electron chi connectivity index (χ0n) is 10.9. The van der Waals surface area contributed by atoms with Gasteiger partial charge >= 0.3 is 5.97 Å². The highest BCUT2D eigenvalue weighted by Gasteiger charge is 2.18. The van der Waals surface area contributed by atoms with Gasteiger partial charge < -0.3 is 14.7 Å². The van der Waals surface area contributed by atoms with Crippen LogP contribution >= 0.6 is 22.6 Å². The number of hydrogen-bond donors (Lipinski definition) is 1. The first-order valence-electron chi connectivity index (χ1n) is 5.72. The van der Waals surface area contributed by atoms with Crippen molar-refractivity contribution in [2.75, 3.05) is 26.8 Å². The van der Waals surface area contributed by atoms with E-state index in [0.717, 1.165) is 9.13 Å². The third-order valence-electron chi connectivity index (χ3n) is 2.60. The van der Waals surface area contributed by atoms with Crippen molar-refractivity contribution in [2.24, 2.45) is 0 Å². The molecular formula is C13H16INO4.